The van der Waals surface area contributed by atoms with Gasteiger partial charge in [0.05, 0.1) is 34.6 Å². The topological polar surface area (TPSA) is 62.1 Å². The Labute approximate surface area is 230 Å². The Hall–Kier alpha value is -3.33. The van der Waals surface area contributed by atoms with Crippen molar-refractivity contribution in [3.8, 4) is 17.1 Å². The molecule has 2 aromatic carbocycles. The molecule has 1 aliphatic rings. The number of carbonyl (C=O) groups excluding carboxylic acids is 1. The van der Waals surface area contributed by atoms with Crippen LogP contribution in [0.3, 0.4) is 0 Å². The van der Waals surface area contributed by atoms with E-state index in [1.54, 1.807) is 42.7 Å². The third-order valence-corrected chi connectivity index (χ3v) is 7.64. The standard InChI is InChI=1S/C28H28Cl2FN5O2/c1-16-14-17(8-11-20(16)31)27-26(33-22-6-5-7-23(38-4)36(22)27)28(37)35(13-12-34(2)3)21-15-32-25-18(21)9-10-19(29)24(25)30/h5-11,14,21,32H,12-13,15H2,1-4H3. The normalized spacial score (nSPS) is 14.6. The van der Waals surface area contributed by atoms with Gasteiger partial charge in [0, 0.05) is 30.8 Å². The van der Waals surface area contributed by atoms with E-state index in [2.05, 4.69) is 5.32 Å². The summed E-state index contributed by atoms with van der Waals surface area (Å²) < 4.78 is 21.6. The first-order chi connectivity index (χ1) is 18.2. The fourth-order valence-corrected chi connectivity index (χ4v) is 5.28. The number of likely N-dealkylation sites (N-methyl/N-ethyl adjacent to an activating group) is 1. The molecule has 7 nitrogen and oxygen atoms in total. The molecule has 0 bridgehead atoms. The van der Waals surface area contributed by atoms with E-state index in [1.165, 1.54) is 6.07 Å². The first-order valence-electron chi connectivity index (χ1n) is 12.2. The van der Waals surface area contributed by atoms with Crippen LogP contribution in [-0.2, 0) is 0 Å². The Morgan fingerprint density at radius 1 is 1.18 bits per heavy atom. The minimum absolute atomic E-state index is 0.250. The van der Waals surface area contributed by atoms with E-state index in [4.69, 9.17) is 32.9 Å². The van der Waals surface area contributed by atoms with Gasteiger partial charge in [-0.15, -0.1) is 0 Å². The first kappa shape index (κ1) is 26.3. The van der Waals surface area contributed by atoms with Crippen LogP contribution < -0.4 is 10.1 Å². The summed E-state index contributed by atoms with van der Waals surface area (Å²) in [7, 11) is 5.49. The number of imidazole rings is 1. The van der Waals surface area contributed by atoms with Crippen molar-refractivity contribution in [1.29, 1.82) is 0 Å². The van der Waals surface area contributed by atoms with Crippen LogP contribution in [0.15, 0.2) is 48.5 Å². The minimum Gasteiger partial charge on any atom is -0.482 e. The summed E-state index contributed by atoms with van der Waals surface area (Å²) in [5, 5.41) is 4.21. The number of benzene rings is 2. The lowest BCUT2D eigenvalue weighted by atomic mass is 10.0. The Bertz CT molecular complexity index is 1540. The summed E-state index contributed by atoms with van der Waals surface area (Å²) in [6, 6.07) is 13.6. The molecule has 1 amide bonds. The van der Waals surface area contributed by atoms with Crippen molar-refractivity contribution in [2.24, 2.45) is 0 Å². The number of aryl methyl sites for hydroxylation is 1. The lowest BCUT2D eigenvalue weighted by molar-refractivity contribution is 0.0673. The molecule has 0 saturated carbocycles. The minimum atomic E-state index is -0.320. The molecular weight excluding hydrogens is 528 g/mol. The number of nitrogens with one attached hydrogen (secondary N) is 1. The second-order valence-corrected chi connectivity index (χ2v) is 10.3. The second kappa shape index (κ2) is 10.4. The predicted octanol–water partition coefficient (Wildman–Crippen LogP) is 5.93. The van der Waals surface area contributed by atoms with Crippen molar-refractivity contribution in [2.75, 3.05) is 46.2 Å². The number of hydrogen-bond acceptors (Lipinski definition) is 5. The Morgan fingerprint density at radius 3 is 2.68 bits per heavy atom. The van der Waals surface area contributed by atoms with Gasteiger partial charge < -0.3 is 19.9 Å². The van der Waals surface area contributed by atoms with Crippen LogP contribution in [0.2, 0.25) is 10.0 Å². The summed E-state index contributed by atoms with van der Waals surface area (Å²) in [4.78, 5) is 23.1. The third-order valence-electron chi connectivity index (χ3n) is 6.83. The average Bonchev–Trinajstić information content (AvgIpc) is 3.50. The van der Waals surface area contributed by atoms with E-state index < -0.39 is 0 Å². The highest BCUT2D eigenvalue weighted by Gasteiger charge is 2.36. The van der Waals surface area contributed by atoms with E-state index in [0.717, 1.165) is 11.3 Å². The number of rotatable bonds is 7. The number of pyridine rings is 1. The van der Waals surface area contributed by atoms with E-state index in [-0.39, 0.29) is 23.5 Å². The number of anilines is 1. The Morgan fingerprint density at radius 2 is 1.97 bits per heavy atom. The number of carbonyl (C=O) groups is 1. The van der Waals surface area contributed by atoms with Crippen molar-refractivity contribution in [1.82, 2.24) is 19.2 Å². The van der Waals surface area contributed by atoms with Crippen LogP contribution in [0.5, 0.6) is 5.88 Å². The average molecular weight is 556 g/mol. The second-order valence-electron chi connectivity index (χ2n) is 9.56. The van der Waals surface area contributed by atoms with Crippen molar-refractivity contribution < 1.29 is 13.9 Å². The molecule has 0 saturated heterocycles. The molecule has 38 heavy (non-hydrogen) atoms. The molecule has 4 aromatic rings. The molecule has 0 fully saturated rings. The van der Waals surface area contributed by atoms with Crippen molar-refractivity contribution in [2.45, 2.75) is 13.0 Å². The molecule has 198 valence electrons. The highest BCUT2D eigenvalue weighted by atomic mass is 35.5. The fraction of sp³-hybridized carbons (Fsp3) is 0.286. The molecule has 10 heteroatoms. The number of methoxy groups -OCH3 is 1. The zero-order valence-electron chi connectivity index (χ0n) is 21.6. The lowest BCUT2D eigenvalue weighted by Gasteiger charge is -2.30. The quantitative estimate of drug-likeness (QED) is 0.306. The van der Waals surface area contributed by atoms with Gasteiger partial charge in [0.25, 0.3) is 5.91 Å². The third kappa shape index (κ3) is 4.57. The lowest BCUT2D eigenvalue weighted by Crippen LogP contribution is -2.40. The van der Waals surface area contributed by atoms with Gasteiger partial charge in [0.1, 0.15) is 11.5 Å². The molecule has 3 heterocycles. The molecule has 1 unspecified atom stereocenters. The number of ether oxygens (including phenoxy) is 1. The molecule has 0 spiro atoms. The van der Waals surface area contributed by atoms with Crippen LogP contribution in [0.25, 0.3) is 16.9 Å². The van der Waals surface area contributed by atoms with Crippen LogP contribution in [0.1, 0.15) is 27.7 Å². The highest BCUT2D eigenvalue weighted by Crippen LogP contribution is 2.43. The number of amides is 1. The number of halogens is 3. The van der Waals surface area contributed by atoms with E-state index in [1.807, 2.05) is 42.1 Å². The fourth-order valence-electron chi connectivity index (χ4n) is 4.88. The summed E-state index contributed by atoms with van der Waals surface area (Å²) in [5.74, 6) is -0.0559. The molecule has 0 radical (unpaired) electrons. The SMILES string of the molecule is COc1cccc2nc(C(=O)N(CCN(C)C)C3CNc4c3ccc(Cl)c4Cl)c(-c3ccc(F)c(C)c3)n12. The number of fused-ring (bicyclic) bond motifs is 2. The zero-order valence-corrected chi connectivity index (χ0v) is 23.1. The van der Waals surface area contributed by atoms with Gasteiger partial charge in [-0.25, -0.2) is 9.37 Å². The number of hydrogen-bond donors (Lipinski definition) is 1. The largest absolute Gasteiger partial charge is 0.482 e. The Kier molecular flexibility index (Phi) is 7.22. The Balaban J connectivity index is 1.69. The number of nitrogens with zero attached hydrogens (tertiary/aromatic N) is 4. The summed E-state index contributed by atoms with van der Waals surface area (Å²) in [6.07, 6.45) is 0. The van der Waals surface area contributed by atoms with Crippen LogP contribution in [-0.4, -0.2) is 65.9 Å². The van der Waals surface area contributed by atoms with Crippen molar-refractivity contribution >= 4 is 40.4 Å². The van der Waals surface area contributed by atoms with Crippen LogP contribution in [0.4, 0.5) is 10.1 Å². The summed E-state index contributed by atoms with van der Waals surface area (Å²) in [6.45, 7) is 3.27. The molecule has 1 atom stereocenters. The van der Waals surface area contributed by atoms with Crippen LogP contribution in [0, 0.1) is 12.7 Å². The predicted molar refractivity (Wildman–Crippen MR) is 149 cm³/mol. The maximum absolute atomic E-state index is 14.5. The number of aromatic nitrogens is 2. The molecule has 1 N–H and O–H groups in total. The van der Waals surface area contributed by atoms with Gasteiger partial charge in [-0.2, -0.15) is 0 Å². The van der Waals surface area contributed by atoms with Crippen molar-refractivity contribution in [3.63, 3.8) is 0 Å². The highest BCUT2D eigenvalue weighted by molar-refractivity contribution is 6.43. The van der Waals surface area contributed by atoms with Crippen LogP contribution >= 0.6 is 23.2 Å². The first-order valence-corrected chi connectivity index (χ1v) is 13.0. The smallest absolute Gasteiger partial charge is 0.275 e. The van der Waals surface area contributed by atoms with Gasteiger partial charge in [0.2, 0.25) is 0 Å². The van der Waals surface area contributed by atoms with Gasteiger partial charge in [0.15, 0.2) is 11.6 Å². The summed E-state index contributed by atoms with van der Waals surface area (Å²) in [5.41, 5.74) is 4.11. The molecule has 2 aromatic heterocycles. The van der Waals surface area contributed by atoms with Gasteiger partial charge >= 0.3 is 0 Å². The van der Waals surface area contributed by atoms with Gasteiger partial charge in [-0.05, 0) is 63.0 Å². The molecule has 0 aliphatic carbocycles. The maximum Gasteiger partial charge on any atom is 0.275 e. The monoisotopic (exact) mass is 555 g/mol. The van der Waals surface area contributed by atoms with Gasteiger partial charge in [-0.3, -0.25) is 9.20 Å². The summed E-state index contributed by atoms with van der Waals surface area (Å²) >= 11 is 12.7. The van der Waals surface area contributed by atoms with Gasteiger partial charge in [-0.1, -0.05) is 35.3 Å². The maximum atomic E-state index is 14.5. The molecule has 1 aliphatic heterocycles. The van der Waals surface area contributed by atoms with Crippen molar-refractivity contribution in [3.05, 3.63) is 81.2 Å². The zero-order chi connectivity index (χ0) is 27.1. The van der Waals surface area contributed by atoms with E-state index in [9.17, 15) is 9.18 Å². The van der Waals surface area contributed by atoms with E-state index in [0.29, 0.717) is 58.0 Å². The molecular formula is C28H28Cl2FN5O2. The molecule has 5 rings (SSSR count). The van der Waals surface area contributed by atoms with E-state index >= 15 is 0 Å².